The van der Waals surface area contributed by atoms with Gasteiger partial charge in [-0.3, -0.25) is 4.79 Å². The molecule has 1 aliphatic rings. The molecular weight excluding hydrogens is 180 g/mol. The van der Waals surface area contributed by atoms with Crippen LogP contribution in [0.2, 0.25) is 0 Å². The summed E-state index contributed by atoms with van der Waals surface area (Å²) in [5.41, 5.74) is 0. The van der Waals surface area contributed by atoms with E-state index in [4.69, 9.17) is 0 Å². The minimum Gasteiger partial charge on any atom is -0.469 e. The predicted molar refractivity (Wildman–Crippen MR) is 55.2 cm³/mol. The number of methoxy groups -OCH3 is 1. The zero-order chi connectivity index (χ0) is 10.4. The highest BCUT2D eigenvalue weighted by molar-refractivity contribution is 5.69. The van der Waals surface area contributed by atoms with E-state index < -0.39 is 0 Å². The van der Waals surface area contributed by atoms with Crippen molar-refractivity contribution >= 4 is 5.97 Å². The molecule has 0 spiro atoms. The number of hydrogen-bond acceptors (Lipinski definition) is 4. The van der Waals surface area contributed by atoms with Crippen LogP contribution in [0.5, 0.6) is 0 Å². The first-order valence-electron chi connectivity index (χ1n) is 5.22. The third kappa shape index (κ3) is 3.64. The highest BCUT2D eigenvalue weighted by Gasteiger charge is 2.20. The molecule has 0 aromatic carbocycles. The summed E-state index contributed by atoms with van der Waals surface area (Å²) >= 11 is 0. The Bertz CT molecular complexity index is 185. The van der Waals surface area contributed by atoms with Crippen LogP contribution in [-0.2, 0) is 9.53 Å². The van der Waals surface area contributed by atoms with Gasteiger partial charge in [0, 0.05) is 19.0 Å². The van der Waals surface area contributed by atoms with Crippen LogP contribution in [0.15, 0.2) is 0 Å². The van der Waals surface area contributed by atoms with E-state index in [9.17, 15) is 4.79 Å². The van der Waals surface area contributed by atoms with Crippen molar-refractivity contribution in [1.29, 1.82) is 0 Å². The normalized spacial score (nSPS) is 22.6. The maximum absolute atomic E-state index is 10.9. The van der Waals surface area contributed by atoms with E-state index in [1.807, 2.05) is 7.05 Å². The molecule has 4 heteroatoms. The second-order valence-electron chi connectivity index (χ2n) is 3.75. The molecule has 1 saturated heterocycles. The van der Waals surface area contributed by atoms with Gasteiger partial charge in [-0.05, 0) is 33.0 Å². The van der Waals surface area contributed by atoms with E-state index in [0.717, 1.165) is 26.1 Å². The minimum absolute atomic E-state index is 0.102. The quantitative estimate of drug-likeness (QED) is 0.645. The van der Waals surface area contributed by atoms with Crippen LogP contribution in [0.1, 0.15) is 19.3 Å². The van der Waals surface area contributed by atoms with Gasteiger partial charge in [0.05, 0.1) is 7.11 Å². The Morgan fingerprint density at radius 1 is 1.64 bits per heavy atom. The second kappa shape index (κ2) is 5.98. The fraction of sp³-hybridized carbons (Fsp3) is 0.900. The number of ether oxygens (including phenoxy) is 1. The van der Waals surface area contributed by atoms with Gasteiger partial charge in [-0.1, -0.05) is 0 Å². The fourth-order valence-corrected chi connectivity index (χ4v) is 1.82. The molecule has 1 fully saturated rings. The zero-order valence-electron chi connectivity index (χ0n) is 9.08. The molecule has 1 N–H and O–H groups in total. The van der Waals surface area contributed by atoms with E-state index in [2.05, 4.69) is 15.0 Å². The highest BCUT2D eigenvalue weighted by atomic mass is 16.5. The van der Waals surface area contributed by atoms with Gasteiger partial charge in [0.15, 0.2) is 0 Å². The van der Waals surface area contributed by atoms with Crippen LogP contribution in [0, 0.1) is 0 Å². The number of carbonyl (C=O) groups excluding carboxylic acids is 1. The monoisotopic (exact) mass is 200 g/mol. The fourth-order valence-electron chi connectivity index (χ4n) is 1.82. The molecule has 1 rings (SSSR count). The first-order valence-corrected chi connectivity index (χ1v) is 5.22. The summed E-state index contributed by atoms with van der Waals surface area (Å²) in [5.74, 6) is -0.102. The summed E-state index contributed by atoms with van der Waals surface area (Å²) in [7, 11) is 3.44. The average molecular weight is 200 g/mol. The molecule has 82 valence electrons. The Hall–Kier alpha value is -0.610. The van der Waals surface area contributed by atoms with Crippen molar-refractivity contribution in [3.05, 3.63) is 0 Å². The lowest BCUT2D eigenvalue weighted by molar-refractivity contribution is -0.140. The molecule has 1 aliphatic heterocycles. The van der Waals surface area contributed by atoms with Crippen molar-refractivity contribution in [1.82, 2.24) is 10.2 Å². The molecule has 4 nitrogen and oxygen atoms in total. The van der Waals surface area contributed by atoms with Gasteiger partial charge in [-0.15, -0.1) is 0 Å². The Morgan fingerprint density at radius 3 is 3.00 bits per heavy atom. The van der Waals surface area contributed by atoms with Crippen molar-refractivity contribution < 1.29 is 9.53 Å². The van der Waals surface area contributed by atoms with Crippen molar-refractivity contribution in [2.24, 2.45) is 0 Å². The van der Waals surface area contributed by atoms with Crippen molar-refractivity contribution in [2.45, 2.75) is 25.3 Å². The summed E-state index contributed by atoms with van der Waals surface area (Å²) in [5, 5.41) is 3.27. The summed E-state index contributed by atoms with van der Waals surface area (Å²) in [6, 6.07) is 0.633. The zero-order valence-corrected chi connectivity index (χ0v) is 9.08. The molecule has 0 saturated carbocycles. The van der Waals surface area contributed by atoms with E-state index in [1.165, 1.54) is 13.5 Å². The Labute approximate surface area is 85.6 Å². The molecule has 0 radical (unpaired) electrons. The molecule has 0 bridgehead atoms. The molecule has 14 heavy (non-hydrogen) atoms. The minimum atomic E-state index is -0.102. The van der Waals surface area contributed by atoms with E-state index >= 15 is 0 Å². The number of likely N-dealkylation sites (tertiary alicyclic amines) is 1. The number of nitrogens with one attached hydrogen (secondary N) is 1. The average Bonchev–Trinajstić information content (AvgIpc) is 2.65. The number of likely N-dealkylation sites (N-methyl/N-ethyl adjacent to an activating group) is 1. The van der Waals surface area contributed by atoms with E-state index in [0.29, 0.717) is 12.5 Å². The smallest absolute Gasteiger partial charge is 0.305 e. The van der Waals surface area contributed by atoms with E-state index in [1.54, 1.807) is 0 Å². The molecule has 1 heterocycles. The predicted octanol–water partition coefficient (Wildman–Crippen LogP) is 0.233. The molecule has 0 aromatic heterocycles. The lowest BCUT2D eigenvalue weighted by Crippen LogP contribution is -2.30. The van der Waals surface area contributed by atoms with Crippen molar-refractivity contribution in [3.8, 4) is 0 Å². The van der Waals surface area contributed by atoms with Crippen LogP contribution >= 0.6 is 0 Å². The maximum Gasteiger partial charge on any atom is 0.305 e. The summed E-state index contributed by atoms with van der Waals surface area (Å²) in [4.78, 5) is 13.2. The SMILES string of the molecule is CNC1CCN(CCCC(=O)OC)C1. The van der Waals surface area contributed by atoms with Crippen LogP contribution in [0.4, 0.5) is 0 Å². The third-order valence-corrected chi connectivity index (χ3v) is 2.76. The first-order chi connectivity index (χ1) is 6.76. The number of nitrogens with zero attached hydrogens (tertiary/aromatic N) is 1. The van der Waals surface area contributed by atoms with Crippen LogP contribution in [0.25, 0.3) is 0 Å². The lowest BCUT2D eigenvalue weighted by Gasteiger charge is -2.14. The van der Waals surface area contributed by atoms with Gasteiger partial charge in [-0.2, -0.15) is 0 Å². The number of rotatable bonds is 5. The van der Waals surface area contributed by atoms with Crippen LogP contribution in [0.3, 0.4) is 0 Å². The van der Waals surface area contributed by atoms with Gasteiger partial charge in [0.25, 0.3) is 0 Å². The maximum atomic E-state index is 10.9. The Balaban J connectivity index is 2.05. The van der Waals surface area contributed by atoms with Gasteiger partial charge in [0.2, 0.25) is 0 Å². The molecule has 1 unspecified atom stereocenters. The highest BCUT2D eigenvalue weighted by Crippen LogP contribution is 2.09. The van der Waals surface area contributed by atoms with Crippen LogP contribution in [-0.4, -0.2) is 50.7 Å². The topological polar surface area (TPSA) is 41.6 Å². The molecule has 1 atom stereocenters. The molecule has 0 amide bonds. The summed E-state index contributed by atoms with van der Waals surface area (Å²) in [6.45, 7) is 3.26. The molecular formula is C10H20N2O2. The summed E-state index contributed by atoms with van der Waals surface area (Å²) in [6.07, 6.45) is 2.66. The second-order valence-corrected chi connectivity index (χ2v) is 3.75. The third-order valence-electron chi connectivity index (χ3n) is 2.76. The van der Waals surface area contributed by atoms with Gasteiger partial charge < -0.3 is 15.0 Å². The number of carbonyl (C=O) groups is 1. The van der Waals surface area contributed by atoms with Crippen LogP contribution < -0.4 is 5.32 Å². The molecule has 0 aliphatic carbocycles. The van der Waals surface area contributed by atoms with Gasteiger partial charge in [-0.25, -0.2) is 0 Å². The van der Waals surface area contributed by atoms with E-state index in [-0.39, 0.29) is 5.97 Å². The summed E-state index contributed by atoms with van der Waals surface area (Å²) < 4.78 is 4.59. The van der Waals surface area contributed by atoms with Gasteiger partial charge in [0.1, 0.15) is 0 Å². The van der Waals surface area contributed by atoms with Crippen molar-refractivity contribution in [3.63, 3.8) is 0 Å². The standard InChI is InChI=1S/C10H20N2O2/c1-11-9-5-7-12(8-9)6-3-4-10(13)14-2/h9,11H,3-8H2,1-2H3. The first kappa shape index (κ1) is 11.5. The van der Waals surface area contributed by atoms with Gasteiger partial charge >= 0.3 is 5.97 Å². The Kier molecular flexibility index (Phi) is 4.90. The number of esters is 1. The number of hydrogen-bond donors (Lipinski definition) is 1. The van der Waals surface area contributed by atoms with Crippen molar-refractivity contribution in [2.75, 3.05) is 33.8 Å². The molecule has 0 aromatic rings. The lowest BCUT2D eigenvalue weighted by atomic mass is 10.3. The largest absolute Gasteiger partial charge is 0.469 e. The Morgan fingerprint density at radius 2 is 2.43 bits per heavy atom.